The summed E-state index contributed by atoms with van der Waals surface area (Å²) in [6.07, 6.45) is 2.55. The fraction of sp³-hybridized carbons (Fsp3) is 0.294. The van der Waals surface area contributed by atoms with Gasteiger partial charge in [0.25, 0.3) is 5.91 Å². The van der Waals surface area contributed by atoms with E-state index in [0.717, 1.165) is 12.1 Å². The predicted molar refractivity (Wildman–Crippen MR) is 84.3 cm³/mol. The minimum absolute atomic E-state index is 0.0488. The highest BCUT2D eigenvalue weighted by atomic mass is 16.5. The van der Waals surface area contributed by atoms with Crippen LogP contribution in [0.3, 0.4) is 0 Å². The lowest BCUT2D eigenvalue weighted by molar-refractivity contribution is 0.0932. The number of methoxy groups -OCH3 is 1. The molecule has 114 valence electrons. The molecule has 22 heavy (non-hydrogen) atoms. The van der Waals surface area contributed by atoms with Crippen molar-refractivity contribution in [3.05, 3.63) is 47.8 Å². The molecule has 0 spiro atoms. The maximum absolute atomic E-state index is 12.5. The SMILES string of the molecule is CCC(C)NC(=O)c1c(C#N)ccn1-c1cccc(OC)c1. The Bertz CT molecular complexity index is 713. The summed E-state index contributed by atoms with van der Waals surface area (Å²) in [5.74, 6) is 0.441. The average molecular weight is 297 g/mol. The molecule has 1 unspecified atom stereocenters. The summed E-state index contributed by atoms with van der Waals surface area (Å²) in [4.78, 5) is 12.5. The van der Waals surface area contributed by atoms with E-state index in [4.69, 9.17) is 4.74 Å². The molecule has 5 heteroatoms. The summed E-state index contributed by atoms with van der Waals surface area (Å²) < 4.78 is 6.92. The van der Waals surface area contributed by atoms with Gasteiger partial charge in [-0.2, -0.15) is 5.26 Å². The molecule has 0 radical (unpaired) electrons. The van der Waals surface area contributed by atoms with Gasteiger partial charge in [0.2, 0.25) is 0 Å². The van der Waals surface area contributed by atoms with Crippen molar-refractivity contribution in [3.8, 4) is 17.5 Å². The number of ether oxygens (including phenoxy) is 1. The van der Waals surface area contributed by atoms with Crippen molar-refractivity contribution < 1.29 is 9.53 Å². The number of nitriles is 1. The third kappa shape index (κ3) is 3.12. The van der Waals surface area contributed by atoms with E-state index in [-0.39, 0.29) is 11.9 Å². The van der Waals surface area contributed by atoms with Crippen molar-refractivity contribution >= 4 is 5.91 Å². The van der Waals surface area contributed by atoms with Crippen molar-refractivity contribution in [3.63, 3.8) is 0 Å². The lowest BCUT2D eigenvalue weighted by Crippen LogP contribution is -2.33. The van der Waals surface area contributed by atoms with Gasteiger partial charge in [-0.1, -0.05) is 13.0 Å². The Morgan fingerprint density at radius 3 is 2.86 bits per heavy atom. The summed E-state index contributed by atoms with van der Waals surface area (Å²) in [6, 6.07) is 11.1. The molecular weight excluding hydrogens is 278 g/mol. The van der Waals surface area contributed by atoms with E-state index in [0.29, 0.717) is 17.0 Å². The van der Waals surface area contributed by atoms with Gasteiger partial charge in [0, 0.05) is 24.0 Å². The number of hydrogen-bond acceptors (Lipinski definition) is 3. The summed E-state index contributed by atoms with van der Waals surface area (Å²) in [5.41, 5.74) is 1.47. The van der Waals surface area contributed by atoms with Crippen LogP contribution in [0.2, 0.25) is 0 Å². The van der Waals surface area contributed by atoms with Crippen LogP contribution in [0.1, 0.15) is 36.3 Å². The van der Waals surface area contributed by atoms with Crippen LogP contribution in [-0.2, 0) is 0 Å². The fourth-order valence-corrected chi connectivity index (χ4v) is 2.12. The lowest BCUT2D eigenvalue weighted by atomic mass is 10.2. The molecule has 0 saturated carbocycles. The lowest BCUT2D eigenvalue weighted by Gasteiger charge is -2.14. The smallest absolute Gasteiger partial charge is 0.269 e. The van der Waals surface area contributed by atoms with Crippen LogP contribution in [-0.4, -0.2) is 23.6 Å². The highest BCUT2D eigenvalue weighted by Gasteiger charge is 2.19. The van der Waals surface area contributed by atoms with Crippen LogP contribution in [0.15, 0.2) is 36.5 Å². The molecule has 1 amide bonds. The van der Waals surface area contributed by atoms with Crippen molar-refractivity contribution in [2.45, 2.75) is 26.3 Å². The first-order valence-electron chi connectivity index (χ1n) is 7.17. The Labute approximate surface area is 130 Å². The largest absolute Gasteiger partial charge is 0.497 e. The van der Waals surface area contributed by atoms with Crippen LogP contribution in [0, 0.1) is 11.3 Å². The Morgan fingerprint density at radius 2 is 2.23 bits per heavy atom. The summed E-state index contributed by atoms with van der Waals surface area (Å²) >= 11 is 0. The van der Waals surface area contributed by atoms with Gasteiger partial charge in [-0.15, -0.1) is 0 Å². The molecule has 0 fully saturated rings. The quantitative estimate of drug-likeness (QED) is 0.922. The average Bonchev–Trinajstić information content (AvgIpc) is 2.98. The van der Waals surface area contributed by atoms with E-state index in [1.807, 2.05) is 38.1 Å². The number of hydrogen-bond donors (Lipinski definition) is 1. The van der Waals surface area contributed by atoms with Crippen molar-refractivity contribution in [2.24, 2.45) is 0 Å². The standard InChI is InChI=1S/C17H19N3O2/c1-4-12(2)19-17(21)16-13(11-18)8-9-20(16)14-6-5-7-15(10-14)22-3/h5-10,12H,4H2,1-3H3,(H,19,21). The van der Waals surface area contributed by atoms with Gasteiger partial charge < -0.3 is 14.6 Å². The van der Waals surface area contributed by atoms with Gasteiger partial charge in [0.15, 0.2) is 0 Å². The molecule has 2 rings (SSSR count). The first-order valence-corrected chi connectivity index (χ1v) is 7.17. The van der Waals surface area contributed by atoms with Gasteiger partial charge in [-0.3, -0.25) is 4.79 Å². The Hall–Kier alpha value is -2.74. The zero-order valence-corrected chi connectivity index (χ0v) is 13.0. The number of aromatic nitrogens is 1. The van der Waals surface area contributed by atoms with Gasteiger partial charge in [-0.05, 0) is 31.5 Å². The second kappa shape index (κ2) is 6.81. The van der Waals surface area contributed by atoms with Crippen molar-refractivity contribution in [1.29, 1.82) is 5.26 Å². The van der Waals surface area contributed by atoms with E-state index in [1.54, 1.807) is 23.9 Å². The molecule has 5 nitrogen and oxygen atoms in total. The summed E-state index contributed by atoms with van der Waals surface area (Å²) in [7, 11) is 1.59. The zero-order valence-electron chi connectivity index (χ0n) is 13.0. The number of nitrogens with zero attached hydrogens (tertiary/aromatic N) is 2. The van der Waals surface area contributed by atoms with Crippen LogP contribution in [0.5, 0.6) is 5.75 Å². The predicted octanol–water partition coefficient (Wildman–Crippen LogP) is 2.89. The van der Waals surface area contributed by atoms with Crippen LogP contribution >= 0.6 is 0 Å². The Kier molecular flexibility index (Phi) is 4.84. The molecule has 1 aromatic heterocycles. The first kappa shape index (κ1) is 15.6. The van der Waals surface area contributed by atoms with Crippen molar-refractivity contribution in [1.82, 2.24) is 9.88 Å². The van der Waals surface area contributed by atoms with Crippen LogP contribution < -0.4 is 10.1 Å². The first-order chi connectivity index (χ1) is 10.6. The maximum atomic E-state index is 12.5. The highest BCUT2D eigenvalue weighted by molar-refractivity contribution is 5.96. The normalized spacial score (nSPS) is 11.5. The van der Waals surface area contributed by atoms with Gasteiger partial charge >= 0.3 is 0 Å². The number of rotatable bonds is 5. The summed E-state index contributed by atoms with van der Waals surface area (Å²) in [5, 5.41) is 12.2. The molecule has 0 aliphatic carbocycles. The molecule has 0 bridgehead atoms. The van der Waals surface area contributed by atoms with Gasteiger partial charge in [-0.25, -0.2) is 0 Å². The van der Waals surface area contributed by atoms with Crippen LogP contribution in [0.4, 0.5) is 0 Å². The van der Waals surface area contributed by atoms with E-state index >= 15 is 0 Å². The number of amides is 1. The Morgan fingerprint density at radius 1 is 1.45 bits per heavy atom. The number of carbonyl (C=O) groups is 1. The molecule has 1 heterocycles. The minimum Gasteiger partial charge on any atom is -0.497 e. The molecule has 0 aliphatic heterocycles. The maximum Gasteiger partial charge on any atom is 0.269 e. The third-order valence-electron chi connectivity index (χ3n) is 3.54. The molecule has 0 aliphatic rings. The van der Waals surface area contributed by atoms with Crippen LogP contribution in [0.25, 0.3) is 5.69 Å². The second-order valence-corrected chi connectivity index (χ2v) is 5.04. The van der Waals surface area contributed by atoms with E-state index in [9.17, 15) is 10.1 Å². The molecule has 2 aromatic rings. The molecule has 1 atom stereocenters. The van der Waals surface area contributed by atoms with Crippen molar-refractivity contribution in [2.75, 3.05) is 7.11 Å². The van der Waals surface area contributed by atoms with Gasteiger partial charge in [0.1, 0.15) is 17.5 Å². The highest BCUT2D eigenvalue weighted by Crippen LogP contribution is 2.21. The van der Waals surface area contributed by atoms with E-state index in [2.05, 4.69) is 11.4 Å². The number of benzene rings is 1. The van der Waals surface area contributed by atoms with E-state index < -0.39 is 0 Å². The minimum atomic E-state index is -0.251. The molecule has 1 N–H and O–H groups in total. The molecular formula is C17H19N3O2. The second-order valence-electron chi connectivity index (χ2n) is 5.04. The monoisotopic (exact) mass is 297 g/mol. The Balaban J connectivity index is 2.47. The molecule has 1 aromatic carbocycles. The van der Waals surface area contributed by atoms with Gasteiger partial charge in [0.05, 0.1) is 12.7 Å². The number of nitrogens with one attached hydrogen (secondary N) is 1. The van der Waals surface area contributed by atoms with E-state index in [1.165, 1.54) is 0 Å². The topological polar surface area (TPSA) is 67.0 Å². The molecule has 0 saturated heterocycles. The number of carbonyl (C=O) groups excluding carboxylic acids is 1. The fourth-order valence-electron chi connectivity index (χ4n) is 2.12. The third-order valence-corrected chi connectivity index (χ3v) is 3.54. The zero-order chi connectivity index (χ0) is 16.1. The summed E-state index contributed by atoms with van der Waals surface area (Å²) in [6.45, 7) is 3.93.